The molecular weight excluding hydrogens is 496 g/mol. The summed E-state index contributed by atoms with van der Waals surface area (Å²) in [6, 6.07) is 15.6. The lowest BCUT2D eigenvalue weighted by atomic mass is 9.95. The van der Waals surface area contributed by atoms with Crippen molar-refractivity contribution in [3.63, 3.8) is 0 Å². The van der Waals surface area contributed by atoms with Gasteiger partial charge in [0, 0.05) is 63.0 Å². The predicted molar refractivity (Wildman–Crippen MR) is 148 cm³/mol. The van der Waals surface area contributed by atoms with Gasteiger partial charge in [0.1, 0.15) is 5.75 Å². The van der Waals surface area contributed by atoms with Crippen LogP contribution in [0.5, 0.6) is 5.75 Å². The van der Waals surface area contributed by atoms with E-state index in [1.54, 1.807) is 4.90 Å². The number of piperidine rings is 1. The van der Waals surface area contributed by atoms with E-state index in [1.807, 2.05) is 52.3 Å². The first-order valence-electron chi connectivity index (χ1n) is 14.1. The van der Waals surface area contributed by atoms with Crippen LogP contribution in [-0.2, 0) is 16.0 Å². The zero-order valence-corrected chi connectivity index (χ0v) is 22.5. The third-order valence-electron chi connectivity index (χ3n) is 7.75. The molecule has 5 rings (SSSR count). The summed E-state index contributed by atoms with van der Waals surface area (Å²) in [6.07, 6.45) is 4.17. The summed E-state index contributed by atoms with van der Waals surface area (Å²) in [7, 11) is 0. The van der Waals surface area contributed by atoms with E-state index in [0.29, 0.717) is 57.1 Å². The number of likely N-dealkylation sites (tertiary alicyclic amines) is 1. The van der Waals surface area contributed by atoms with Crippen LogP contribution in [0.1, 0.15) is 48.0 Å². The Kier molecular flexibility index (Phi) is 8.98. The lowest BCUT2D eigenvalue weighted by molar-refractivity contribution is -0.119. The normalized spacial score (nSPS) is 18.1. The van der Waals surface area contributed by atoms with Crippen LogP contribution in [0.2, 0.25) is 0 Å². The van der Waals surface area contributed by atoms with Gasteiger partial charge in [-0.15, -0.1) is 0 Å². The van der Waals surface area contributed by atoms with Crippen LogP contribution in [0.15, 0.2) is 48.5 Å². The van der Waals surface area contributed by atoms with Crippen LogP contribution in [0.4, 0.5) is 10.5 Å². The average Bonchev–Trinajstić information content (AvgIpc) is 2.99. The number of fused-ring (bicyclic) bond motifs is 1. The van der Waals surface area contributed by atoms with Crippen LogP contribution in [0.25, 0.3) is 0 Å². The number of nitrogens with one attached hydrogen (secondary N) is 1. The fourth-order valence-corrected chi connectivity index (χ4v) is 5.55. The number of carbonyl (C=O) groups is 3. The smallest absolute Gasteiger partial charge is 0.409 e. The third-order valence-corrected chi connectivity index (χ3v) is 7.75. The van der Waals surface area contributed by atoms with E-state index in [9.17, 15) is 14.4 Å². The molecule has 2 aromatic carbocycles. The SMILES string of the molecule is O=C(OCCCCOc1ccc(C(=O)N2CCC(N3C(=O)CCc4ccccc43)CC2)cc1)N1CCNCC1. The highest BCUT2D eigenvalue weighted by atomic mass is 16.6. The average molecular weight is 535 g/mol. The molecule has 208 valence electrons. The van der Waals surface area contributed by atoms with Crippen molar-refractivity contribution in [1.29, 1.82) is 0 Å². The quantitative estimate of drug-likeness (QED) is 0.522. The van der Waals surface area contributed by atoms with Crippen molar-refractivity contribution in [2.24, 2.45) is 0 Å². The number of para-hydroxylation sites is 1. The zero-order valence-electron chi connectivity index (χ0n) is 22.5. The minimum absolute atomic E-state index is 0.0108. The number of hydrogen-bond acceptors (Lipinski definition) is 6. The number of piperazine rings is 1. The first-order valence-corrected chi connectivity index (χ1v) is 14.1. The van der Waals surface area contributed by atoms with Gasteiger partial charge < -0.3 is 29.5 Å². The van der Waals surface area contributed by atoms with E-state index in [-0.39, 0.29) is 23.9 Å². The van der Waals surface area contributed by atoms with Crippen molar-refractivity contribution >= 4 is 23.6 Å². The number of ether oxygens (including phenoxy) is 2. The molecule has 9 heteroatoms. The Balaban J connectivity index is 1.02. The summed E-state index contributed by atoms with van der Waals surface area (Å²) in [5, 5.41) is 3.21. The highest BCUT2D eigenvalue weighted by Crippen LogP contribution is 2.32. The number of carbonyl (C=O) groups excluding carboxylic acids is 3. The Morgan fingerprint density at radius 1 is 0.846 bits per heavy atom. The maximum absolute atomic E-state index is 13.1. The number of rotatable bonds is 8. The van der Waals surface area contributed by atoms with Crippen LogP contribution < -0.4 is 15.0 Å². The highest BCUT2D eigenvalue weighted by Gasteiger charge is 2.33. The fraction of sp³-hybridized carbons (Fsp3) is 0.500. The van der Waals surface area contributed by atoms with E-state index in [2.05, 4.69) is 11.4 Å². The molecule has 0 unspecified atom stereocenters. The second kappa shape index (κ2) is 13.0. The van der Waals surface area contributed by atoms with Gasteiger partial charge in [-0.1, -0.05) is 18.2 Å². The molecule has 9 nitrogen and oxygen atoms in total. The summed E-state index contributed by atoms with van der Waals surface area (Å²) < 4.78 is 11.1. The molecule has 0 bridgehead atoms. The fourth-order valence-electron chi connectivity index (χ4n) is 5.55. The molecule has 3 heterocycles. The van der Waals surface area contributed by atoms with E-state index < -0.39 is 0 Å². The van der Waals surface area contributed by atoms with Gasteiger partial charge in [-0.3, -0.25) is 9.59 Å². The van der Waals surface area contributed by atoms with Gasteiger partial charge in [-0.05, 0) is 68.0 Å². The molecule has 3 aliphatic heterocycles. The van der Waals surface area contributed by atoms with Gasteiger partial charge in [-0.25, -0.2) is 4.79 Å². The van der Waals surface area contributed by atoms with Crippen LogP contribution in [-0.4, -0.2) is 86.2 Å². The summed E-state index contributed by atoms with van der Waals surface area (Å²) in [5.41, 5.74) is 2.90. The largest absolute Gasteiger partial charge is 0.494 e. The lowest BCUT2D eigenvalue weighted by Crippen LogP contribution is -2.50. The van der Waals surface area contributed by atoms with Gasteiger partial charge in [0.15, 0.2) is 0 Å². The number of amides is 3. The number of hydrogen-bond donors (Lipinski definition) is 1. The minimum Gasteiger partial charge on any atom is -0.494 e. The van der Waals surface area contributed by atoms with Crippen LogP contribution in [0.3, 0.4) is 0 Å². The van der Waals surface area contributed by atoms with E-state index in [0.717, 1.165) is 50.9 Å². The second-order valence-electron chi connectivity index (χ2n) is 10.3. The molecule has 3 aliphatic rings. The number of aryl methyl sites for hydroxylation is 1. The summed E-state index contributed by atoms with van der Waals surface area (Å²) in [4.78, 5) is 43.4. The number of unbranched alkanes of at least 4 members (excludes halogenated alkanes) is 1. The van der Waals surface area contributed by atoms with Gasteiger partial charge >= 0.3 is 6.09 Å². The molecule has 2 fully saturated rings. The molecule has 0 saturated carbocycles. The molecule has 0 aromatic heterocycles. The molecule has 39 heavy (non-hydrogen) atoms. The Morgan fingerprint density at radius 3 is 2.33 bits per heavy atom. The van der Waals surface area contributed by atoms with E-state index >= 15 is 0 Å². The highest BCUT2D eigenvalue weighted by molar-refractivity contribution is 5.97. The molecule has 3 amide bonds. The van der Waals surface area contributed by atoms with E-state index in [4.69, 9.17) is 9.47 Å². The van der Waals surface area contributed by atoms with Gasteiger partial charge in [-0.2, -0.15) is 0 Å². The van der Waals surface area contributed by atoms with Crippen molar-refractivity contribution in [3.8, 4) is 5.75 Å². The molecular formula is C30H38N4O5. The van der Waals surface area contributed by atoms with Gasteiger partial charge in [0.05, 0.1) is 13.2 Å². The minimum atomic E-state index is -0.243. The Bertz CT molecular complexity index is 1140. The Hall–Kier alpha value is -3.59. The van der Waals surface area contributed by atoms with Crippen molar-refractivity contribution < 1.29 is 23.9 Å². The van der Waals surface area contributed by atoms with Crippen molar-refractivity contribution in [2.45, 2.75) is 44.6 Å². The monoisotopic (exact) mass is 534 g/mol. The molecule has 2 aromatic rings. The third kappa shape index (κ3) is 6.71. The topological polar surface area (TPSA) is 91.4 Å². The van der Waals surface area contributed by atoms with Crippen molar-refractivity contribution in [1.82, 2.24) is 15.1 Å². The maximum atomic E-state index is 13.1. The predicted octanol–water partition coefficient (Wildman–Crippen LogP) is 3.47. The lowest BCUT2D eigenvalue weighted by Gasteiger charge is -2.41. The standard InChI is InChI=1S/C30H38N4O5/c35-28-12-9-23-5-1-2-6-27(23)34(28)25-13-17-32(18-14-25)29(36)24-7-10-26(11-8-24)38-21-3-4-22-39-30(37)33-19-15-31-16-20-33/h1-2,5-8,10-11,25,31H,3-4,9,12-22H2. The second-order valence-corrected chi connectivity index (χ2v) is 10.3. The van der Waals surface area contributed by atoms with E-state index in [1.165, 1.54) is 5.56 Å². The first kappa shape index (κ1) is 27.0. The molecule has 2 saturated heterocycles. The number of anilines is 1. The van der Waals surface area contributed by atoms with Crippen LogP contribution >= 0.6 is 0 Å². The summed E-state index contributed by atoms with van der Waals surface area (Å²) in [6.45, 7) is 5.16. The molecule has 0 radical (unpaired) electrons. The number of benzene rings is 2. The van der Waals surface area contributed by atoms with Crippen LogP contribution in [0, 0.1) is 0 Å². The summed E-state index contributed by atoms with van der Waals surface area (Å²) in [5.74, 6) is 0.910. The Morgan fingerprint density at radius 2 is 1.56 bits per heavy atom. The zero-order chi connectivity index (χ0) is 27.0. The Labute approximate surface area is 230 Å². The van der Waals surface area contributed by atoms with Gasteiger partial charge in [0.2, 0.25) is 5.91 Å². The van der Waals surface area contributed by atoms with Crippen molar-refractivity contribution in [3.05, 3.63) is 59.7 Å². The summed E-state index contributed by atoms with van der Waals surface area (Å²) >= 11 is 0. The number of nitrogens with zero attached hydrogens (tertiary/aromatic N) is 3. The molecule has 1 N–H and O–H groups in total. The first-order chi connectivity index (χ1) is 19.1. The van der Waals surface area contributed by atoms with Gasteiger partial charge in [0.25, 0.3) is 5.91 Å². The van der Waals surface area contributed by atoms with Crippen molar-refractivity contribution in [2.75, 3.05) is 57.4 Å². The molecule has 0 spiro atoms. The maximum Gasteiger partial charge on any atom is 0.409 e. The molecule has 0 atom stereocenters. The molecule has 0 aliphatic carbocycles.